The van der Waals surface area contributed by atoms with Gasteiger partial charge in [0, 0.05) is 11.8 Å². The van der Waals surface area contributed by atoms with Gasteiger partial charge in [-0.25, -0.2) is 0 Å². The van der Waals surface area contributed by atoms with Crippen molar-refractivity contribution in [3.8, 4) is 0 Å². The van der Waals surface area contributed by atoms with Crippen molar-refractivity contribution in [2.45, 2.75) is 57.8 Å². The molecule has 90 valence electrons. The Morgan fingerprint density at radius 3 is 2.25 bits per heavy atom. The van der Waals surface area contributed by atoms with Crippen molar-refractivity contribution in [2.75, 3.05) is 0 Å². The number of carbonyl (C=O) groups excluding carboxylic acids is 1. The average Bonchev–Trinajstić information content (AvgIpc) is 2.39. The summed E-state index contributed by atoms with van der Waals surface area (Å²) in [6, 6.07) is 0. The third-order valence-electron chi connectivity index (χ3n) is 4.50. The van der Waals surface area contributed by atoms with Crippen molar-refractivity contribution in [3.05, 3.63) is 12.7 Å². The second-order valence-electron chi connectivity index (χ2n) is 5.53. The number of allylic oxidation sites excluding steroid dienone is 1. The smallest absolute Gasteiger partial charge is 0.139 e. The fraction of sp³-hybridized carbons (Fsp3) is 0.800. The lowest BCUT2D eigenvalue weighted by molar-refractivity contribution is -0.129. The number of hydrogen-bond donors (Lipinski definition) is 0. The highest BCUT2D eigenvalue weighted by Crippen LogP contribution is 2.36. The molecule has 2 saturated carbocycles. The van der Waals surface area contributed by atoms with E-state index in [2.05, 4.69) is 6.58 Å². The molecular weight excluding hydrogens is 196 g/mol. The summed E-state index contributed by atoms with van der Waals surface area (Å²) in [5, 5.41) is 0. The van der Waals surface area contributed by atoms with E-state index in [1.54, 1.807) is 0 Å². The molecule has 1 nitrogen and oxygen atoms in total. The highest BCUT2D eigenvalue weighted by atomic mass is 16.1. The molecule has 2 aliphatic rings. The normalized spacial score (nSPS) is 32.2. The molecule has 16 heavy (non-hydrogen) atoms. The Bertz CT molecular complexity index is 250. The summed E-state index contributed by atoms with van der Waals surface area (Å²) >= 11 is 0. The van der Waals surface area contributed by atoms with Crippen LogP contribution in [0.5, 0.6) is 0 Å². The van der Waals surface area contributed by atoms with E-state index in [1.807, 2.05) is 6.08 Å². The van der Waals surface area contributed by atoms with E-state index < -0.39 is 0 Å². The summed E-state index contributed by atoms with van der Waals surface area (Å²) < 4.78 is 0. The largest absolute Gasteiger partial charge is 0.299 e. The van der Waals surface area contributed by atoms with Gasteiger partial charge in [0.2, 0.25) is 0 Å². The van der Waals surface area contributed by atoms with Crippen LogP contribution in [0.15, 0.2) is 12.7 Å². The summed E-state index contributed by atoms with van der Waals surface area (Å²) in [5.74, 6) is 1.75. The van der Waals surface area contributed by atoms with Gasteiger partial charge in [-0.2, -0.15) is 0 Å². The van der Waals surface area contributed by atoms with Gasteiger partial charge in [0.25, 0.3) is 0 Å². The van der Waals surface area contributed by atoms with E-state index >= 15 is 0 Å². The van der Waals surface area contributed by atoms with Crippen LogP contribution in [0.25, 0.3) is 0 Å². The van der Waals surface area contributed by atoms with Gasteiger partial charge in [0.15, 0.2) is 0 Å². The van der Waals surface area contributed by atoms with Crippen LogP contribution in [-0.4, -0.2) is 5.78 Å². The van der Waals surface area contributed by atoms with Crippen LogP contribution in [-0.2, 0) is 4.79 Å². The van der Waals surface area contributed by atoms with Gasteiger partial charge >= 0.3 is 0 Å². The van der Waals surface area contributed by atoms with Crippen LogP contribution < -0.4 is 0 Å². The monoisotopic (exact) mass is 220 g/mol. The molecule has 1 heteroatoms. The predicted octanol–water partition coefficient (Wildman–Crippen LogP) is 4.13. The SMILES string of the molecule is C=C[C@@H]1CCCC[C@@H]1C(=O)C1CCCCC1. The topological polar surface area (TPSA) is 17.1 Å². The van der Waals surface area contributed by atoms with Crippen molar-refractivity contribution in [2.24, 2.45) is 17.8 Å². The summed E-state index contributed by atoms with van der Waals surface area (Å²) in [5.41, 5.74) is 0. The molecule has 0 aromatic heterocycles. The van der Waals surface area contributed by atoms with Crippen LogP contribution in [0.3, 0.4) is 0 Å². The van der Waals surface area contributed by atoms with E-state index in [0.717, 1.165) is 19.3 Å². The number of rotatable bonds is 3. The first-order valence-electron chi connectivity index (χ1n) is 6.99. The Hall–Kier alpha value is -0.590. The predicted molar refractivity (Wildman–Crippen MR) is 67.2 cm³/mol. The first-order valence-corrected chi connectivity index (χ1v) is 6.99. The molecule has 0 bridgehead atoms. The lowest BCUT2D eigenvalue weighted by atomic mass is 9.71. The summed E-state index contributed by atoms with van der Waals surface area (Å²) in [6.45, 7) is 3.91. The molecule has 0 aromatic rings. The van der Waals surface area contributed by atoms with Crippen LogP contribution in [0, 0.1) is 17.8 Å². The molecule has 0 N–H and O–H groups in total. The van der Waals surface area contributed by atoms with Crippen LogP contribution in [0.1, 0.15) is 57.8 Å². The molecule has 0 saturated heterocycles. The molecular formula is C15H24O. The molecule has 0 aliphatic heterocycles. The van der Waals surface area contributed by atoms with Crippen LogP contribution >= 0.6 is 0 Å². The second kappa shape index (κ2) is 5.65. The molecule has 0 unspecified atom stereocenters. The fourth-order valence-electron chi connectivity index (χ4n) is 3.48. The Labute approximate surface area is 99.3 Å². The van der Waals surface area contributed by atoms with Gasteiger partial charge in [0.05, 0.1) is 0 Å². The molecule has 2 aliphatic carbocycles. The summed E-state index contributed by atoms with van der Waals surface area (Å²) in [4.78, 5) is 12.5. The molecule has 0 heterocycles. The highest BCUT2D eigenvalue weighted by molar-refractivity contribution is 5.84. The third kappa shape index (κ3) is 2.56. The van der Waals surface area contributed by atoms with Crippen LogP contribution in [0.4, 0.5) is 0 Å². The lowest BCUT2D eigenvalue weighted by Gasteiger charge is -2.32. The number of hydrogen-bond acceptors (Lipinski definition) is 1. The molecule has 0 aromatic carbocycles. The van der Waals surface area contributed by atoms with E-state index in [-0.39, 0.29) is 0 Å². The maximum Gasteiger partial charge on any atom is 0.139 e. The average molecular weight is 220 g/mol. The molecule has 2 rings (SSSR count). The number of ketones is 1. The first kappa shape index (κ1) is 11.9. The Kier molecular flexibility index (Phi) is 4.20. The minimum atomic E-state index is 0.314. The summed E-state index contributed by atoms with van der Waals surface area (Å²) in [6.07, 6.45) is 13.0. The van der Waals surface area contributed by atoms with Gasteiger partial charge in [0.1, 0.15) is 5.78 Å². The number of Topliss-reactive ketones (excluding diaryl/α,β-unsaturated/α-hetero) is 1. The van der Waals surface area contributed by atoms with E-state index in [9.17, 15) is 4.79 Å². The Morgan fingerprint density at radius 2 is 1.56 bits per heavy atom. The quantitative estimate of drug-likeness (QED) is 0.654. The maximum absolute atomic E-state index is 12.5. The maximum atomic E-state index is 12.5. The zero-order valence-corrected chi connectivity index (χ0v) is 10.3. The minimum Gasteiger partial charge on any atom is -0.299 e. The Morgan fingerprint density at radius 1 is 0.938 bits per heavy atom. The molecule has 2 fully saturated rings. The third-order valence-corrected chi connectivity index (χ3v) is 4.50. The second-order valence-corrected chi connectivity index (χ2v) is 5.53. The van der Waals surface area contributed by atoms with E-state index in [4.69, 9.17) is 0 Å². The van der Waals surface area contributed by atoms with Crippen molar-refractivity contribution in [1.82, 2.24) is 0 Å². The Balaban J connectivity index is 1.97. The van der Waals surface area contributed by atoms with Crippen molar-refractivity contribution in [1.29, 1.82) is 0 Å². The lowest BCUT2D eigenvalue weighted by Crippen LogP contribution is -2.32. The standard InChI is InChI=1S/C15H24O/c1-2-12-8-6-7-11-14(12)15(16)13-9-4-3-5-10-13/h2,12-14H,1,3-11H2/t12-,14+/m1/s1. The fourth-order valence-corrected chi connectivity index (χ4v) is 3.48. The first-order chi connectivity index (χ1) is 7.83. The van der Waals surface area contributed by atoms with Gasteiger partial charge in [-0.3, -0.25) is 4.79 Å². The van der Waals surface area contributed by atoms with E-state index in [0.29, 0.717) is 23.5 Å². The molecule has 0 amide bonds. The summed E-state index contributed by atoms with van der Waals surface area (Å²) in [7, 11) is 0. The van der Waals surface area contributed by atoms with E-state index in [1.165, 1.54) is 38.5 Å². The molecule has 2 atom stereocenters. The highest BCUT2D eigenvalue weighted by Gasteiger charge is 2.33. The van der Waals surface area contributed by atoms with Crippen molar-refractivity contribution >= 4 is 5.78 Å². The van der Waals surface area contributed by atoms with Gasteiger partial charge < -0.3 is 0 Å². The van der Waals surface area contributed by atoms with Gasteiger partial charge in [-0.1, -0.05) is 38.2 Å². The van der Waals surface area contributed by atoms with Crippen molar-refractivity contribution < 1.29 is 4.79 Å². The van der Waals surface area contributed by atoms with Crippen molar-refractivity contribution in [3.63, 3.8) is 0 Å². The number of carbonyl (C=O) groups is 1. The zero-order chi connectivity index (χ0) is 11.4. The van der Waals surface area contributed by atoms with Gasteiger partial charge in [-0.15, -0.1) is 6.58 Å². The zero-order valence-electron chi connectivity index (χ0n) is 10.3. The van der Waals surface area contributed by atoms with Gasteiger partial charge in [-0.05, 0) is 31.6 Å². The molecule has 0 spiro atoms. The minimum absolute atomic E-state index is 0.314. The molecule has 0 radical (unpaired) electrons. The van der Waals surface area contributed by atoms with Crippen LogP contribution in [0.2, 0.25) is 0 Å².